The Morgan fingerprint density at radius 1 is 1.42 bits per heavy atom. The van der Waals surface area contributed by atoms with E-state index in [1.807, 2.05) is 0 Å². The molecule has 12 heavy (non-hydrogen) atoms. The van der Waals surface area contributed by atoms with E-state index in [4.69, 9.17) is 5.11 Å². The molecule has 1 rings (SSSR count). The predicted molar refractivity (Wildman–Crippen MR) is 44.8 cm³/mol. The predicted octanol–water partition coefficient (Wildman–Crippen LogP) is 1.40. The Morgan fingerprint density at radius 3 is 2.50 bits per heavy atom. The molecule has 0 aromatic carbocycles. The van der Waals surface area contributed by atoms with Gasteiger partial charge in [0.05, 0.1) is 6.10 Å². The van der Waals surface area contributed by atoms with Crippen LogP contribution < -0.4 is 0 Å². The standard InChI is InChI=1S/C9H16O3/c10-8(5-6-9(11)12)7-3-1-2-4-7/h7-8,10H,1-6H2,(H,11,12). The number of aliphatic hydroxyl groups excluding tert-OH is 1. The Labute approximate surface area is 72.4 Å². The molecule has 0 saturated heterocycles. The summed E-state index contributed by atoms with van der Waals surface area (Å²) in [5.74, 6) is -0.448. The van der Waals surface area contributed by atoms with Crippen molar-refractivity contribution < 1.29 is 15.0 Å². The van der Waals surface area contributed by atoms with E-state index in [-0.39, 0.29) is 12.5 Å². The molecule has 0 heterocycles. The molecule has 1 unspecified atom stereocenters. The minimum atomic E-state index is -0.813. The van der Waals surface area contributed by atoms with Gasteiger partial charge in [-0.1, -0.05) is 12.8 Å². The van der Waals surface area contributed by atoms with Crippen LogP contribution in [0.1, 0.15) is 38.5 Å². The molecule has 0 aromatic rings. The first-order valence-electron chi connectivity index (χ1n) is 4.60. The SMILES string of the molecule is O=C(O)CCC(O)C1CCCC1. The van der Waals surface area contributed by atoms with Crippen LogP contribution in [0.25, 0.3) is 0 Å². The van der Waals surface area contributed by atoms with Gasteiger partial charge in [0.25, 0.3) is 0 Å². The van der Waals surface area contributed by atoms with Crippen molar-refractivity contribution in [2.24, 2.45) is 5.92 Å². The van der Waals surface area contributed by atoms with Gasteiger partial charge in [-0.3, -0.25) is 4.79 Å². The zero-order valence-electron chi connectivity index (χ0n) is 7.20. The van der Waals surface area contributed by atoms with Crippen molar-refractivity contribution in [2.75, 3.05) is 0 Å². The van der Waals surface area contributed by atoms with Crippen molar-refractivity contribution >= 4 is 5.97 Å². The molecule has 0 bridgehead atoms. The van der Waals surface area contributed by atoms with Crippen LogP contribution in [0.2, 0.25) is 0 Å². The summed E-state index contributed by atoms with van der Waals surface area (Å²) in [6.07, 6.45) is 4.65. The fourth-order valence-corrected chi connectivity index (χ4v) is 1.85. The van der Waals surface area contributed by atoms with Gasteiger partial charge in [0, 0.05) is 6.42 Å². The van der Waals surface area contributed by atoms with Crippen LogP contribution in [-0.2, 0) is 4.79 Å². The summed E-state index contributed by atoms with van der Waals surface area (Å²) in [7, 11) is 0. The number of carboxylic acid groups (broad SMARTS) is 1. The van der Waals surface area contributed by atoms with E-state index in [0.29, 0.717) is 12.3 Å². The van der Waals surface area contributed by atoms with Gasteiger partial charge in [0.2, 0.25) is 0 Å². The smallest absolute Gasteiger partial charge is 0.303 e. The topological polar surface area (TPSA) is 57.5 Å². The Kier molecular flexibility index (Phi) is 3.53. The third kappa shape index (κ3) is 2.81. The van der Waals surface area contributed by atoms with E-state index in [1.54, 1.807) is 0 Å². The van der Waals surface area contributed by atoms with Gasteiger partial charge in [-0.2, -0.15) is 0 Å². The van der Waals surface area contributed by atoms with E-state index in [1.165, 1.54) is 12.8 Å². The van der Waals surface area contributed by atoms with Crippen LogP contribution in [0, 0.1) is 5.92 Å². The molecule has 1 atom stereocenters. The summed E-state index contributed by atoms with van der Waals surface area (Å²) in [5, 5.41) is 17.9. The Morgan fingerprint density at radius 2 is 2.00 bits per heavy atom. The van der Waals surface area contributed by atoms with E-state index >= 15 is 0 Å². The summed E-state index contributed by atoms with van der Waals surface area (Å²) in [6.45, 7) is 0. The molecule has 1 aliphatic carbocycles. The maximum Gasteiger partial charge on any atom is 0.303 e. The Hall–Kier alpha value is -0.570. The molecule has 1 fully saturated rings. The molecule has 0 spiro atoms. The Bertz CT molecular complexity index is 150. The van der Waals surface area contributed by atoms with Crippen LogP contribution in [0.5, 0.6) is 0 Å². The van der Waals surface area contributed by atoms with Crippen molar-refractivity contribution in [2.45, 2.75) is 44.6 Å². The van der Waals surface area contributed by atoms with Gasteiger partial charge < -0.3 is 10.2 Å². The summed E-state index contributed by atoms with van der Waals surface area (Å²) in [5.41, 5.74) is 0. The third-order valence-electron chi connectivity index (χ3n) is 2.60. The van der Waals surface area contributed by atoms with Crippen molar-refractivity contribution in [1.29, 1.82) is 0 Å². The summed E-state index contributed by atoms with van der Waals surface area (Å²) in [6, 6.07) is 0. The molecule has 0 radical (unpaired) electrons. The van der Waals surface area contributed by atoms with Gasteiger partial charge in [-0.15, -0.1) is 0 Å². The molecule has 1 saturated carbocycles. The first-order chi connectivity index (χ1) is 5.70. The summed E-state index contributed by atoms with van der Waals surface area (Å²) < 4.78 is 0. The molecular weight excluding hydrogens is 156 g/mol. The van der Waals surface area contributed by atoms with Crippen LogP contribution in [-0.4, -0.2) is 22.3 Å². The lowest BCUT2D eigenvalue weighted by Crippen LogP contribution is -2.18. The maximum absolute atomic E-state index is 10.2. The number of rotatable bonds is 4. The van der Waals surface area contributed by atoms with Crippen molar-refractivity contribution in [1.82, 2.24) is 0 Å². The van der Waals surface area contributed by atoms with Gasteiger partial charge in [0.1, 0.15) is 0 Å². The number of carboxylic acids is 1. The first-order valence-corrected chi connectivity index (χ1v) is 4.60. The van der Waals surface area contributed by atoms with Gasteiger partial charge in [-0.25, -0.2) is 0 Å². The molecule has 0 aliphatic heterocycles. The quantitative estimate of drug-likeness (QED) is 0.674. The van der Waals surface area contributed by atoms with E-state index in [2.05, 4.69) is 0 Å². The minimum absolute atomic E-state index is 0.0949. The lowest BCUT2D eigenvalue weighted by Gasteiger charge is -2.15. The first kappa shape index (κ1) is 9.52. The van der Waals surface area contributed by atoms with E-state index in [0.717, 1.165) is 12.8 Å². The zero-order valence-corrected chi connectivity index (χ0v) is 7.20. The van der Waals surface area contributed by atoms with Gasteiger partial charge in [0.15, 0.2) is 0 Å². The highest BCUT2D eigenvalue weighted by atomic mass is 16.4. The van der Waals surface area contributed by atoms with E-state index in [9.17, 15) is 9.90 Å². The number of hydrogen-bond donors (Lipinski definition) is 2. The highest BCUT2D eigenvalue weighted by Gasteiger charge is 2.23. The molecule has 1 aliphatic rings. The average Bonchev–Trinajstić information content (AvgIpc) is 2.51. The molecule has 70 valence electrons. The fourth-order valence-electron chi connectivity index (χ4n) is 1.85. The highest BCUT2D eigenvalue weighted by molar-refractivity contribution is 5.66. The summed E-state index contributed by atoms with van der Waals surface area (Å²) >= 11 is 0. The maximum atomic E-state index is 10.2. The average molecular weight is 172 g/mol. The Balaban J connectivity index is 2.17. The number of hydrogen-bond acceptors (Lipinski definition) is 2. The number of aliphatic hydroxyl groups is 1. The van der Waals surface area contributed by atoms with Crippen LogP contribution in [0.4, 0.5) is 0 Å². The molecule has 2 N–H and O–H groups in total. The zero-order chi connectivity index (χ0) is 8.97. The fraction of sp³-hybridized carbons (Fsp3) is 0.889. The second-order valence-electron chi connectivity index (χ2n) is 3.54. The molecular formula is C9H16O3. The number of carbonyl (C=O) groups is 1. The monoisotopic (exact) mass is 172 g/mol. The molecule has 3 nitrogen and oxygen atoms in total. The number of aliphatic carboxylic acids is 1. The molecule has 0 aromatic heterocycles. The third-order valence-corrected chi connectivity index (χ3v) is 2.60. The van der Waals surface area contributed by atoms with E-state index < -0.39 is 5.97 Å². The molecule has 0 amide bonds. The second kappa shape index (κ2) is 4.45. The van der Waals surface area contributed by atoms with Crippen molar-refractivity contribution in [3.63, 3.8) is 0 Å². The lowest BCUT2D eigenvalue weighted by molar-refractivity contribution is -0.137. The largest absolute Gasteiger partial charge is 0.481 e. The van der Waals surface area contributed by atoms with Gasteiger partial charge >= 0.3 is 5.97 Å². The van der Waals surface area contributed by atoms with Crippen molar-refractivity contribution in [3.05, 3.63) is 0 Å². The molecule has 3 heteroatoms. The minimum Gasteiger partial charge on any atom is -0.481 e. The van der Waals surface area contributed by atoms with Crippen LogP contribution >= 0.6 is 0 Å². The van der Waals surface area contributed by atoms with Gasteiger partial charge in [-0.05, 0) is 25.2 Å². The second-order valence-corrected chi connectivity index (χ2v) is 3.54. The summed E-state index contributed by atoms with van der Waals surface area (Å²) in [4.78, 5) is 10.2. The normalized spacial score (nSPS) is 21.1. The van der Waals surface area contributed by atoms with Crippen LogP contribution in [0.15, 0.2) is 0 Å². The van der Waals surface area contributed by atoms with Crippen LogP contribution in [0.3, 0.4) is 0 Å². The highest BCUT2D eigenvalue weighted by Crippen LogP contribution is 2.29. The lowest BCUT2D eigenvalue weighted by atomic mass is 9.97. The van der Waals surface area contributed by atoms with Crippen molar-refractivity contribution in [3.8, 4) is 0 Å².